The van der Waals surface area contributed by atoms with Gasteiger partial charge < -0.3 is 0 Å². The minimum atomic E-state index is -4.64. The molecule has 0 spiro atoms. The van der Waals surface area contributed by atoms with Crippen molar-refractivity contribution in [1.82, 2.24) is 10.4 Å². The van der Waals surface area contributed by atoms with Crippen molar-refractivity contribution in [2.45, 2.75) is 32.5 Å². The summed E-state index contributed by atoms with van der Waals surface area (Å²) in [6.45, 7) is 2.96. The van der Waals surface area contributed by atoms with Gasteiger partial charge in [0.05, 0.1) is 10.3 Å². The van der Waals surface area contributed by atoms with E-state index in [1.165, 1.54) is 18.2 Å². The van der Waals surface area contributed by atoms with Gasteiger partial charge in [-0.1, -0.05) is 18.2 Å². The summed E-state index contributed by atoms with van der Waals surface area (Å²) in [4.78, 5) is 22.0. The lowest BCUT2D eigenvalue weighted by Gasteiger charge is -2.29. The van der Waals surface area contributed by atoms with Crippen molar-refractivity contribution in [1.29, 1.82) is 0 Å². The van der Waals surface area contributed by atoms with Crippen molar-refractivity contribution in [3.63, 3.8) is 0 Å². The van der Waals surface area contributed by atoms with Crippen molar-refractivity contribution in [2.75, 3.05) is 6.54 Å². The Kier molecular flexibility index (Phi) is 4.34. The standard InChI is InChI=1S/C14H16F3N3O3/c1-13(2)8-19(18-12(13)21)11(14(15,16)17)7-9-5-3-4-6-10(9)20(22)23/h3-6,11H,7-8H2,1-2H3,(H,18,21)/t11-/m0/s1. The van der Waals surface area contributed by atoms with Crippen LogP contribution in [0.3, 0.4) is 0 Å². The summed E-state index contributed by atoms with van der Waals surface area (Å²) in [7, 11) is 0. The second-order valence-corrected chi connectivity index (χ2v) is 6.10. The zero-order valence-corrected chi connectivity index (χ0v) is 12.6. The van der Waals surface area contributed by atoms with Crippen molar-refractivity contribution in [3.8, 4) is 0 Å². The van der Waals surface area contributed by atoms with Gasteiger partial charge in [-0.05, 0) is 13.8 Å². The number of nitrogens with one attached hydrogen (secondary N) is 1. The van der Waals surface area contributed by atoms with Gasteiger partial charge in [0.2, 0.25) is 5.91 Å². The predicted molar refractivity (Wildman–Crippen MR) is 75.3 cm³/mol. The first-order valence-electron chi connectivity index (χ1n) is 6.89. The molecule has 0 aliphatic carbocycles. The van der Waals surface area contributed by atoms with Gasteiger partial charge >= 0.3 is 6.18 Å². The van der Waals surface area contributed by atoms with Crippen molar-refractivity contribution >= 4 is 11.6 Å². The summed E-state index contributed by atoms with van der Waals surface area (Å²) in [5.74, 6) is -0.505. The second-order valence-electron chi connectivity index (χ2n) is 6.10. The van der Waals surface area contributed by atoms with Crippen LogP contribution >= 0.6 is 0 Å². The first-order valence-corrected chi connectivity index (χ1v) is 6.89. The van der Waals surface area contributed by atoms with E-state index >= 15 is 0 Å². The fourth-order valence-electron chi connectivity index (χ4n) is 2.48. The number of benzene rings is 1. The van der Waals surface area contributed by atoms with Gasteiger partial charge in [-0.25, -0.2) is 5.01 Å². The zero-order chi connectivity index (χ0) is 17.4. The van der Waals surface area contributed by atoms with Crippen LogP contribution in [0.1, 0.15) is 19.4 Å². The lowest BCUT2D eigenvalue weighted by molar-refractivity contribution is -0.385. The minimum absolute atomic E-state index is 0.0289. The molecule has 1 aliphatic rings. The maximum atomic E-state index is 13.4. The van der Waals surface area contributed by atoms with E-state index < -0.39 is 34.9 Å². The van der Waals surface area contributed by atoms with Crippen molar-refractivity contribution in [3.05, 3.63) is 39.9 Å². The van der Waals surface area contributed by atoms with Gasteiger partial charge in [-0.15, -0.1) is 0 Å². The van der Waals surface area contributed by atoms with Crippen molar-refractivity contribution < 1.29 is 22.9 Å². The van der Waals surface area contributed by atoms with E-state index in [-0.39, 0.29) is 17.8 Å². The number of rotatable bonds is 4. The number of alkyl halides is 3. The highest BCUT2D eigenvalue weighted by atomic mass is 19.4. The van der Waals surface area contributed by atoms with Gasteiger partial charge in [0, 0.05) is 24.6 Å². The molecule has 1 saturated heterocycles. The van der Waals surface area contributed by atoms with Gasteiger partial charge in [-0.3, -0.25) is 20.3 Å². The Bertz CT molecular complexity index is 631. The van der Waals surface area contributed by atoms with E-state index in [1.54, 1.807) is 13.8 Å². The lowest BCUT2D eigenvalue weighted by atomic mass is 9.93. The van der Waals surface area contributed by atoms with E-state index in [1.807, 2.05) is 0 Å². The number of para-hydroxylation sites is 1. The summed E-state index contributed by atoms with van der Waals surface area (Å²) in [5, 5.41) is 11.8. The second kappa shape index (κ2) is 5.80. The molecule has 1 fully saturated rings. The van der Waals surface area contributed by atoms with E-state index in [0.29, 0.717) is 0 Å². The third kappa shape index (κ3) is 3.61. The van der Waals surface area contributed by atoms with Crippen LogP contribution < -0.4 is 5.43 Å². The number of nitrogens with zero attached hydrogens (tertiary/aromatic N) is 2. The molecule has 1 aromatic rings. The Morgan fingerprint density at radius 1 is 1.39 bits per heavy atom. The predicted octanol–water partition coefficient (Wildman–Crippen LogP) is 2.44. The molecule has 23 heavy (non-hydrogen) atoms. The number of carbonyl (C=O) groups is 1. The van der Waals surface area contributed by atoms with E-state index in [9.17, 15) is 28.1 Å². The van der Waals surface area contributed by atoms with Crippen LogP contribution in [-0.2, 0) is 11.2 Å². The summed E-state index contributed by atoms with van der Waals surface area (Å²) in [6, 6.07) is 3.26. The molecule has 0 saturated carbocycles. The average molecular weight is 331 g/mol. The van der Waals surface area contributed by atoms with E-state index in [2.05, 4.69) is 5.43 Å². The smallest absolute Gasteiger partial charge is 0.288 e. The molecule has 2 rings (SSSR count). The number of carbonyl (C=O) groups excluding carboxylic acids is 1. The summed E-state index contributed by atoms with van der Waals surface area (Å²) < 4.78 is 40.2. The summed E-state index contributed by atoms with van der Waals surface area (Å²) in [6.07, 6.45) is -5.26. The molecule has 1 amide bonds. The van der Waals surface area contributed by atoms with Crippen LogP contribution in [0, 0.1) is 15.5 Å². The number of hydrazine groups is 1. The molecule has 6 nitrogen and oxygen atoms in total. The first kappa shape index (κ1) is 17.2. The van der Waals surface area contributed by atoms with Crippen LogP contribution in [0.2, 0.25) is 0 Å². The Morgan fingerprint density at radius 2 is 2.00 bits per heavy atom. The van der Waals surface area contributed by atoms with Gasteiger partial charge in [0.15, 0.2) is 0 Å². The third-order valence-corrected chi connectivity index (χ3v) is 3.78. The average Bonchev–Trinajstić information content (AvgIpc) is 2.68. The van der Waals surface area contributed by atoms with Crippen molar-refractivity contribution in [2.24, 2.45) is 5.41 Å². The van der Waals surface area contributed by atoms with Crippen LogP contribution in [0.4, 0.5) is 18.9 Å². The molecule has 1 N–H and O–H groups in total. The maximum absolute atomic E-state index is 13.4. The van der Waals surface area contributed by atoms with Gasteiger partial charge in [-0.2, -0.15) is 13.2 Å². The molecule has 0 aromatic heterocycles. The Labute approximate surface area is 130 Å². The highest BCUT2D eigenvalue weighted by Crippen LogP contribution is 2.34. The largest absolute Gasteiger partial charge is 0.406 e. The Morgan fingerprint density at radius 3 is 2.48 bits per heavy atom. The highest BCUT2D eigenvalue weighted by Gasteiger charge is 2.50. The first-order chi connectivity index (χ1) is 10.5. The molecule has 126 valence electrons. The molecule has 1 aromatic carbocycles. The third-order valence-electron chi connectivity index (χ3n) is 3.78. The SMILES string of the molecule is CC1(C)CN([C@@H](Cc2ccccc2[N+](=O)[O-])C(F)(F)F)NC1=O. The van der Waals surface area contributed by atoms with Crippen LogP contribution in [0.15, 0.2) is 24.3 Å². The monoisotopic (exact) mass is 331 g/mol. The Balaban J connectivity index is 2.32. The summed E-state index contributed by atoms with van der Waals surface area (Å²) >= 11 is 0. The maximum Gasteiger partial charge on any atom is 0.406 e. The fourth-order valence-corrected chi connectivity index (χ4v) is 2.48. The van der Waals surface area contributed by atoms with Crippen LogP contribution in [0.25, 0.3) is 0 Å². The molecule has 1 aliphatic heterocycles. The summed E-state index contributed by atoms with van der Waals surface area (Å²) in [5.41, 5.74) is 0.874. The van der Waals surface area contributed by atoms with Gasteiger partial charge in [0.1, 0.15) is 6.04 Å². The van der Waals surface area contributed by atoms with E-state index in [4.69, 9.17) is 0 Å². The number of nitro benzene ring substituents is 1. The molecule has 1 heterocycles. The zero-order valence-electron chi connectivity index (χ0n) is 12.6. The molecule has 1 atom stereocenters. The highest BCUT2D eigenvalue weighted by molar-refractivity contribution is 5.83. The topological polar surface area (TPSA) is 75.5 Å². The number of nitro groups is 1. The number of hydrogen-bond acceptors (Lipinski definition) is 4. The Hall–Kier alpha value is -2.16. The normalized spacial score (nSPS) is 19.4. The number of hydrogen-bond donors (Lipinski definition) is 1. The molecule has 0 unspecified atom stereocenters. The molecule has 0 bridgehead atoms. The number of halogens is 3. The quantitative estimate of drug-likeness (QED) is 0.679. The fraction of sp³-hybridized carbons (Fsp3) is 0.500. The van der Waals surface area contributed by atoms with Crippen LogP contribution in [-0.4, -0.2) is 34.6 Å². The van der Waals surface area contributed by atoms with Gasteiger partial charge in [0.25, 0.3) is 5.69 Å². The number of amides is 1. The molecular formula is C14H16F3N3O3. The molecule has 0 radical (unpaired) electrons. The lowest BCUT2D eigenvalue weighted by Crippen LogP contribution is -2.51. The molecule has 9 heteroatoms. The van der Waals surface area contributed by atoms with Crippen LogP contribution in [0.5, 0.6) is 0 Å². The minimum Gasteiger partial charge on any atom is -0.288 e. The molecular weight excluding hydrogens is 315 g/mol. The van der Waals surface area contributed by atoms with E-state index in [0.717, 1.165) is 11.1 Å².